The van der Waals surface area contributed by atoms with Crippen molar-refractivity contribution in [2.75, 3.05) is 52.2 Å². The highest BCUT2D eigenvalue weighted by Crippen LogP contribution is 2.28. The molecule has 0 radical (unpaired) electrons. The molecule has 0 saturated carbocycles. The van der Waals surface area contributed by atoms with Crippen LogP contribution in [0.15, 0.2) is 36.4 Å². The second-order valence-electron chi connectivity index (χ2n) is 7.36. The largest absolute Gasteiger partial charge is 0.496 e. The number of rotatable bonds is 6. The number of anilines is 2. The molecule has 1 heterocycles. The molecule has 0 aliphatic carbocycles. The van der Waals surface area contributed by atoms with E-state index >= 15 is 0 Å². The molecule has 2 aromatic carbocycles. The second-order valence-corrected chi connectivity index (χ2v) is 7.36. The van der Waals surface area contributed by atoms with Gasteiger partial charge in [0, 0.05) is 44.1 Å². The van der Waals surface area contributed by atoms with Crippen molar-refractivity contribution in [3.05, 3.63) is 53.1 Å². The van der Waals surface area contributed by atoms with Crippen LogP contribution in [0.2, 0.25) is 0 Å². The summed E-state index contributed by atoms with van der Waals surface area (Å²) in [4.78, 5) is 4.97. The Kier molecular flexibility index (Phi) is 6.17. The highest BCUT2D eigenvalue weighted by atomic mass is 16.5. The molecule has 2 aromatic rings. The topological polar surface area (TPSA) is 27.7 Å². The third-order valence-corrected chi connectivity index (χ3v) is 5.22. The molecule has 0 aromatic heterocycles. The summed E-state index contributed by atoms with van der Waals surface area (Å²) < 4.78 is 5.45. The van der Waals surface area contributed by atoms with Gasteiger partial charge in [0.25, 0.3) is 0 Å². The van der Waals surface area contributed by atoms with Crippen molar-refractivity contribution in [3.8, 4) is 5.75 Å². The average molecular weight is 354 g/mol. The number of aryl methyl sites for hydroxylation is 2. The molecule has 0 amide bonds. The van der Waals surface area contributed by atoms with Crippen molar-refractivity contribution in [1.82, 2.24) is 9.80 Å². The van der Waals surface area contributed by atoms with Crippen LogP contribution in [0, 0.1) is 13.8 Å². The predicted octanol–water partition coefficient (Wildman–Crippen LogP) is 3.85. The van der Waals surface area contributed by atoms with E-state index in [0.29, 0.717) is 0 Å². The van der Waals surface area contributed by atoms with E-state index in [4.69, 9.17) is 4.74 Å². The molecule has 140 valence electrons. The molecule has 1 aliphatic rings. The smallest absolute Gasteiger partial charge is 0.124 e. The summed E-state index contributed by atoms with van der Waals surface area (Å²) in [5.74, 6) is 0.967. The molecule has 1 N–H and O–H groups in total. The number of piperazine rings is 1. The summed E-state index contributed by atoms with van der Waals surface area (Å²) in [7, 11) is 3.93. The number of ether oxygens (including phenoxy) is 1. The van der Waals surface area contributed by atoms with Gasteiger partial charge in [-0.15, -0.1) is 0 Å². The Bertz CT molecular complexity index is 696. The van der Waals surface area contributed by atoms with Gasteiger partial charge in [-0.25, -0.2) is 0 Å². The van der Waals surface area contributed by atoms with Crippen LogP contribution in [0.25, 0.3) is 0 Å². The third kappa shape index (κ3) is 4.77. The standard InChI is InChI=1S/C22H31N3O/c1-17-15-21(16-18(2)22(17)26-4)23-20-7-5-19(6-8-20)9-10-25-13-11-24(3)12-14-25/h5-8,15-16,23H,9-14H2,1-4H3. The minimum atomic E-state index is 0.967. The Morgan fingerprint density at radius 1 is 0.923 bits per heavy atom. The first kappa shape index (κ1) is 18.7. The number of hydrogen-bond donors (Lipinski definition) is 1. The van der Waals surface area contributed by atoms with Gasteiger partial charge in [-0.2, -0.15) is 0 Å². The van der Waals surface area contributed by atoms with Crippen molar-refractivity contribution in [2.45, 2.75) is 20.3 Å². The van der Waals surface area contributed by atoms with Crippen molar-refractivity contribution in [2.24, 2.45) is 0 Å². The number of nitrogens with one attached hydrogen (secondary N) is 1. The summed E-state index contributed by atoms with van der Waals surface area (Å²) in [6.07, 6.45) is 1.12. The average Bonchev–Trinajstić information content (AvgIpc) is 2.62. The quantitative estimate of drug-likeness (QED) is 0.854. The number of methoxy groups -OCH3 is 1. The van der Waals surface area contributed by atoms with Crippen molar-refractivity contribution >= 4 is 11.4 Å². The SMILES string of the molecule is COc1c(C)cc(Nc2ccc(CCN3CCN(C)CC3)cc2)cc1C. The van der Waals surface area contributed by atoms with Gasteiger partial charge in [-0.05, 0) is 68.3 Å². The van der Waals surface area contributed by atoms with Gasteiger partial charge in [0.2, 0.25) is 0 Å². The highest BCUT2D eigenvalue weighted by molar-refractivity contribution is 5.63. The van der Waals surface area contributed by atoms with Gasteiger partial charge < -0.3 is 19.9 Å². The maximum atomic E-state index is 5.45. The summed E-state index contributed by atoms with van der Waals surface area (Å²) in [5.41, 5.74) is 5.93. The first-order valence-electron chi connectivity index (χ1n) is 9.47. The second kappa shape index (κ2) is 8.56. The van der Waals surface area contributed by atoms with Gasteiger partial charge in [0.1, 0.15) is 5.75 Å². The van der Waals surface area contributed by atoms with E-state index in [9.17, 15) is 0 Å². The molecular weight excluding hydrogens is 322 g/mol. The molecular formula is C22H31N3O. The van der Waals surface area contributed by atoms with Gasteiger partial charge in [-0.1, -0.05) is 12.1 Å². The maximum Gasteiger partial charge on any atom is 0.124 e. The van der Waals surface area contributed by atoms with Crippen LogP contribution in [-0.4, -0.2) is 56.7 Å². The normalized spacial score (nSPS) is 15.8. The van der Waals surface area contributed by atoms with E-state index in [1.54, 1.807) is 7.11 Å². The van der Waals surface area contributed by atoms with E-state index in [1.807, 2.05) is 0 Å². The molecule has 4 heteroatoms. The molecule has 26 heavy (non-hydrogen) atoms. The molecule has 1 saturated heterocycles. The van der Waals surface area contributed by atoms with Gasteiger partial charge in [0.05, 0.1) is 7.11 Å². The van der Waals surface area contributed by atoms with Crippen LogP contribution >= 0.6 is 0 Å². The Morgan fingerprint density at radius 2 is 1.54 bits per heavy atom. The zero-order valence-corrected chi connectivity index (χ0v) is 16.5. The Balaban J connectivity index is 1.56. The lowest BCUT2D eigenvalue weighted by molar-refractivity contribution is 0.155. The van der Waals surface area contributed by atoms with Crippen LogP contribution in [0.3, 0.4) is 0 Å². The molecule has 3 rings (SSSR count). The third-order valence-electron chi connectivity index (χ3n) is 5.22. The first-order chi connectivity index (χ1) is 12.5. The van der Waals surface area contributed by atoms with E-state index in [0.717, 1.165) is 41.2 Å². The summed E-state index contributed by atoms with van der Waals surface area (Å²) >= 11 is 0. The van der Waals surface area contributed by atoms with Crippen LogP contribution in [0.5, 0.6) is 5.75 Å². The van der Waals surface area contributed by atoms with Gasteiger partial charge >= 0.3 is 0 Å². The van der Waals surface area contributed by atoms with Gasteiger partial charge in [0.15, 0.2) is 0 Å². The number of nitrogens with zero attached hydrogens (tertiary/aromatic N) is 2. The lowest BCUT2D eigenvalue weighted by Gasteiger charge is -2.32. The fourth-order valence-electron chi connectivity index (χ4n) is 3.62. The maximum absolute atomic E-state index is 5.45. The Labute approximate surface area is 157 Å². The minimum absolute atomic E-state index is 0.967. The first-order valence-corrected chi connectivity index (χ1v) is 9.47. The highest BCUT2D eigenvalue weighted by Gasteiger charge is 2.13. The Hall–Kier alpha value is -2.04. The van der Waals surface area contributed by atoms with Crippen molar-refractivity contribution < 1.29 is 4.74 Å². The fraction of sp³-hybridized carbons (Fsp3) is 0.455. The van der Waals surface area contributed by atoms with Gasteiger partial charge in [-0.3, -0.25) is 0 Å². The van der Waals surface area contributed by atoms with E-state index in [-0.39, 0.29) is 0 Å². The fourth-order valence-corrected chi connectivity index (χ4v) is 3.62. The minimum Gasteiger partial charge on any atom is -0.496 e. The number of benzene rings is 2. The van der Waals surface area contributed by atoms with Crippen LogP contribution < -0.4 is 10.1 Å². The van der Waals surface area contributed by atoms with E-state index < -0.39 is 0 Å². The molecule has 0 bridgehead atoms. The van der Waals surface area contributed by atoms with Crippen LogP contribution in [0.1, 0.15) is 16.7 Å². The van der Waals surface area contributed by atoms with Crippen molar-refractivity contribution in [1.29, 1.82) is 0 Å². The van der Waals surface area contributed by atoms with Crippen molar-refractivity contribution in [3.63, 3.8) is 0 Å². The van der Waals surface area contributed by atoms with Crippen LogP contribution in [0.4, 0.5) is 11.4 Å². The Morgan fingerprint density at radius 3 is 2.12 bits per heavy atom. The number of likely N-dealkylation sites (N-methyl/N-ethyl adjacent to an activating group) is 1. The lowest BCUT2D eigenvalue weighted by atomic mass is 10.1. The summed E-state index contributed by atoms with van der Waals surface area (Å²) in [6, 6.07) is 13.1. The molecule has 1 aliphatic heterocycles. The zero-order valence-electron chi connectivity index (χ0n) is 16.5. The monoisotopic (exact) mass is 353 g/mol. The van der Waals surface area contributed by atoms with E-state index in [2.05, 4.69) is 72.4 Å². The molecule has 0 atom stereocenters. The summed E-state index contributed by atoms with van der Waals surface area (Å²) in [5, 5.41) is 3.50. The summed E-state index contributed by atoms with van der Waals surface area (Å²) in [6.45, 7) is 10.1. The number of hydrogen-bond acceptors (Lipinski definition) is 4. The molecule has 0 unspecified atom stereocenters. The molecule has 1 fully saturated rings. The van der Waals surface area contributed by atoms with E-state index in [1.165, 1.54) is 31.7 Å². The zero-order chi connectivity index (χ0) is 18.5. The molecule has 4 nitrogen and oxygen atoms in total. The predicted molar refractivity (Wildman–Crippen MR) is 110 cm³/mol. The molecule has 0 spiro atoms. The lowest BCUT2D eigenvalue weighted by Crippen LogP contribution is -2.45. The van der Waals surface area contributed by atoms with Crippen LogP contribution in [-0.2, 0) is 6.42 Å².